The van der Waals surface area contributed by atoms with Gasteiger partial charge in [-0.05, 0) is 24.3 Å². The van der Waals surface area contributed by atoms with Gasteiger partial charge in [-0.2, -0.15) is 11.8 Å². The Balaban J connectivity index is 2.19. The normalized spacial score (nSPS) is 12.4. The summed E-state index contributed by atoms with van der Waals surface area (Å²) in [5.41, 5.74) is 0.723. The first kappa shape index (κ1) is 15.9. The predicted molar refractivity (Wildman–Crippen MR) is 80.4 cm³/mol. The van der Waals surface area contributed by atoms with E-state index in [-0.39, 0.29) is 23.7 Å². The molecule has 1 amide bonds. The highest BCUT2D eigenvalue weighted by Crippen LogP contribution is 2.24. The van der Waals surface area contributed by atoms with E-state index >= 15 is 0 Å². The van der Waals surface area contributed by atoms with Crippen LogP contribution in [0, 0.1) is 5.82 Å². The standard InChI is InChI=1S/C13H15BFNO4S/c1-21-7-12(17)16-11(14(18)19)5-8-6-20-13-9(8)3-2-4-10(13)15/h2-4,6,11,18-19H,5,7H2,1H3,(H,16,17). The SMILES string of the molecule is CSCC(=O)NC(Cc1coc2c(F)cccc12)B(O)O. The number of hydrogen-bond acceptors (Lipinski definition) is 5. The van der Waals surface area contributed by atoms with Crippen molar-refractivity contribution in [3.63, 3.8) is 0 Å². The topological polar surface area (TPSA) is 82.7 Å². The summed E-state index contributed by atoms with van der Waals surface area (Å²) in [6.07, 6.45) is 3.27. The average Bonchev–Trinajstić information content (AvgIpc) is 2.83. The molecule has 0 fully saturated rings. The highest BCUT2D eigenvalue weighted by Gasteiger charge is 2.27. The van der Waals surface area contributed by atoms with Crippen molar-refractivity contribution in [2.75, 3.05) is 12.0 Å². The Morgan fingerprint density at radius 1 is 1.52 bits per heavy atom. The zero-order chi connectivity index (χ0) is 15.4. The van der Waals surface area contributed by atoms with Crippen molar-refractivity contribution in [1.82, 2.24) is 5.32 Å². The fourth-order valence-corrected chi connectivity index (χ4v) is 2.43. The lowest BCUT2D eigenvalue weighted by atomic mass is 9.76. The molecular weight excluding hydrogens is 296 g/mol. The van der Waals surface area contributed by atoms with Crippen molar-refractivity contribution in [3.8, 4) is 0 Å². The minimum Gasteiger partial charge on any atom is -0.461 e. The molecule has 1 unspecified atom stereocenters. The van der Waals surface area contributed by atoms with E-state index in [1.165, 1.54) is 24.1 Å². The van der Waals surface area contributed by atoms with Crippen LogP contribution in [0.2, 0.25) is 0 Å². The zero-order valence-corrected chi connectivity index (χ0v) is 12.2. The van der Waals surface area contributed by atoms with Crippen molar-refractivity contribution in [2.24, 2.45) is 0 Å². The number of carbonyl (C=O) groups excluding carboxylic acids is 1. The maximum atomic E-state index is 13.5. The number of amides is 1. The molecule has 1 heterocycles. The Morgan fingerprint density at radius 3 is 2.95 bits per heavy atom. The van der Waals surface area contributed by atoms with E-state index in [0.29, 0.717) is 10.9 Å². The third-order valence-electron chi connectivity index (χ3n) is 3.05. The van der Waals surface area contributed by atoms with Gasteiger partial charge in [-0.25, -0.2) is 4.39 Å². The lowest BCUT2D eigenvalue weighted by molar-refractivity contribution is -0.118. The first-order valence-corrected chi connectivity index (χ1v) is 7.71. The van der Waals surface area contributed by atoms with Crippen LogP contribution in [-0.2, 0) is 11.2 Å². The van der Waals surface area contributed by atoms with Gasteiger partial charge < -0.3 is 19.8 Å². The van der Waals surface area contributed by atoms with E-state index < -0.39 is 18.9 Å². The van der Waals surface area contributed by atoms with Crippen LogP contribution >= 0.6 is 11.8 Å². The summed E-state index contributed by atoms with van der Waals surface area (Å²) >= 11 is 1.33. The molecule has 0 aliphatic carbocycles. The van der Waals surface area contributed by atoms with Gasteiger partial charge in [-0.15, -0.1) is 0 Å². The van der Waals surface area contributed by atoms with Crippen LogP contribution in [0.5, 0.6) is 0 Å². The highest BCUT2D eigenvalue weighted by molar-refractivity contribution is 7.99. The Labute approximate surface area is 125 Å². The number of benzene rings is 1. The third-order valence-corrected chi connectivity index (χ3v) is 3.60. The number of hydrogen-bond donors (Lipinski definition) is 3. The minimum absolute atomic E-state index is 0.120. The van der Waals surface area contributed by atoms with Gasteiger partial charge in [0.15, 0.2) is 11.4 Å². The van der Waals surface area contributed by atoms with Crippen LogP contribution in [0.4, 0.5) is 4.39 Å². The molecule has 2 aromatic rings. The molecule has 0 saturated carbocycles. The Bertz CT molecular complexity index is 634. The molecule has 1 aromatic heterocycles. The molecule has 8 heteroatoms. The summed E-state index contributed by atoms with van der Waals surface area (Å²) in [6, 6.07) is 4.52. The molecule has 0 aliphatic rings. The molecule has 3 N–H and O–H groups in total. The Morgan fingerprint density at radius 2 is 2.29 bits per heavy atom. The van der Waals surface area contributed by atoms with Gasteiger partial charge in [-0.3, -0.25) is 4.79 Å². The molecule has 0 spiro atoms. The van der Waals surface area contributed by atoms with Crippen molar-refractivity contribution < 1.29 is 23.7 Å². The molecule has 21 heavy (non-hydrogen) atoms. The van der Waals surface area contributed by atoms with E-state index in [1.807, 2.05) is 0 Å². The zero-order valence-electron chi connectivity index (χ0n) is 11.4. The predicted octanol–water partition coefficient (Wildman–Crippen LogP) is 0.974. The van der Waals surface area contributed by atoms with E-state index in [9.17, 15) is 19.2 Å². The Hall–Kier alpha value is -1.51. The number of para-hydroxylation sites is 1. The molecule has 112 valence electrons. The highest BCUT2D eigenvalue weighted by atomic mass is 32.2. The molecule has 0 aliphatic heterocycles. The fraction of sp³-hybridized carbons (Fsp3) is 0.308. The van der Waals surface area contributed by atoms with Gasteiger partial charge >= 0.3 is 7.12 Å². The Kier molecular flexibility index (Phi) is 5.27. The van der Waals surface area contributed by atoms with E-state index in [1.54, 1.807) is 18.4 Å². The number of fused-ring (bicyclic) bond motifs is 1. The molecule has 2 rings (SSSR count). The second-order valence-electron chi connectivity index (χ2n) is 4.60. The lowest BCUT2D eigenvalue weighted by Gasteiger charge is -2.17. The quantitative estimate of drug-likeness (QED) is 0.693. The van der Waals surface area contributed by atoms with Crippen LogP contribution in [0.1, 0.15) is 5.56 Å². The third kappa shape index (κ3) is 3.78. The molecule has 1 atom stereocenters. The number of carbonyl (C=O) groups is 1. The first-order chi connectivity index (χ1) is 10.0. The number of nitrogens with one attached hydrogen (secondary N) is 1. The second-order valence-corrected chi connectivity index (χ2v) is 5.47. The summed E-state index contributed by atoms with van der Waals surface area (Å²) < 4.78 is 18.7. The smallest absolute Gasteiger partial charge is 0.461 e. The van der Waals surface area contributed by atoms with E-state index in [0.717, 1.165) is 0 Å². The van der Waals surface area contributed by atoms with E-state index in [4.69, 9.17) is 4.42 Å². The summed E-state index contributed by atoms with van der Waals surface area (Å²) in [4.78, 5) is 11.6. The number of halogens is 1. The fourth-order valence-electron chi connectivity index (χ4n) is 2.08. The number of rotatable bonds is 6. The largest absolute Gasteiger partial charge is 0.475 e. The van der Waals surface area contributed by atoms with Crippen molar-refractivity contribution in [3.05, 3.63) is 35.8 Å². The van der Waals surface area contributed by atoms with E-state index in [2.05, 4.69) is 5.32 Å². The molecule has 0 saturated heterocycles. The van der Waals surface area contributed by atoms with Crippen LogP contribution < -0.4 is 5.32 Å². The van der Waals surface area contributed by atoms with Crippen LogP contribution in [0.25, 0.3) is 11.0 Å². The van der Waals surface area contributed by atoms with Crippen LogP contribution in [0.3, 0.4) is 0 Å². The summed E-state index contributed by atoms with van der Waals surface area (Å²) in [5.74, 6) is -1.43. The van der Waals surface area contributed by atoms with Crippen LogP contribution in [0.15, 0.2) is 28.9 Å². The lowest BCUT2D eigenvalue weighted by Crippen LogP contribution is -2.48. The van der Waals surface area contributed by atoms with Gasteiger partial charge in [0.1, 0.15) is 0 Å². The monoisotopic (exact) mass is 311 g/mol. The molecule has 1 aromatic carbocycles. The van der Waals surface area contributed by atoms with Gasteiger partial charge in [0, 0.05) is 5.39 Å². The van der Waals surface area contributed by atoms with Gasteiger partial charge in [0.2, 0.25) is 5.91 Å². The first-order valence-electron chi connectivity index (χ1n) is 6.32. The average molecular weight is 311 g/mol. The minimum atomic E-state index is -1.71. The summed E-state index contributed by atoms with van der Waals surface area (Å²) in [6.45, 7) is 0. The van der Waals surface area contributed by atoms with Gasteiger partial charge in [-0.1, -0.05) is 12.1 Å². The van der Waals surface area contributed by atoms with Crippen LogP contribution in [-0.4, -0.2) is 41.0 Å². The second kappa shape index (κ2) is 6.97. The summed E-state index contributed by atoms with van der Waals surface area (Å²) in [5, 5.41) is 21.9. The molecule has 0 radical (unpaired) electrons. The molecular formula is C13H15BFNO4S. The van der Waals surface area contributed by atoms with Crippen molar-refractivity contribution in [2.45, 2.75) is 12.4 Å². The summed E-state index contributed by atoms with van der Waals surface area (Å²) in [7, 11) is -1.71. The van der Waals surface area contributed by atoms with Crippen molar-refractivity contribution >= 4 is 35.8 Å². The maximum absolute atomic E-state index is 13.5. The maximum Gasteiger partial charge on any atom is 0.475 e. The number of thioether (sulfide) groups is 1. The van der Waals surface area contributed by atoms with Gasteiger partial charge in [0.05, 0.1) is 18.0 Å². The van der Waals surface area contributed by atoms with Crippen molar-refractivity contribution in [1.29, 1.82) is 0 Å². The molecule has 0 bridgehead atoms. The number of furan rings is 1. The molecule has 5 nitrogen and oxygen atoms in total. The van der Waals surface area contributed by atoms with Gasteiger partial charge in [0.25, 0.3) is 0 Å².